The maximum atomic E-state index is 12.4. The van der Waals surface area contributed by atoms with E-state index in [9.17, 15) is 9.59 Å². The van der Waals surface area contributed by atoms with E-state index in [-0.39, 0.29) is 24.5 Å². The summed E-state index contributed by atoms with van der Waals surface area (Å²) in [6.07, 6.45) is 1.52. The number of halogens is 1. The van der Waals surface area contributed by atoms with E-state index in [1.165, 1.54) is 11.3 Å². The topological polar surface area (TPSA) is 82.5 Å². The largest absolute Gasteiger partial charge is 0.480 e. The lowest BCUT2D eigenvalue weighted by molar-refractivity contribution is -0.139. The number of aliphatic carboxylic acids is 1. The molecule has 2 aromatic rings. The fraction of sp³-hybridized carbons (Fsp3) is 0.389. The first kappa shape index (κ1) is 18.8. The van der Waals surface area contributed by atoms with Gasteiger partial charge in [0.2, 0.25) is 0 Å². The first-order valence-electron chi connectivity index (χ1n) is 8.44. The molecule has 1 amide bonds. The highest BCUT2D eigenvalue weighted by Gasteiger charge is 2.35. The second-order valence-corrected chi connectivity index (χ2v) is 7.60. The van der Waals surface area contributed by atoms with Crippen LogP contribution in [-0.2, 0) is 4.79 Å². The molecule has 1 fully saturated rings. The Hall–Kier alpha value is -1.96. The van der Waals surface area contributed by atoms with E-state index in [2.05, 4.69) is 10.3 Å². The van der Waals surface area contributed by atoms with Gasteiger partial charge < -0.3 is 10.4 Å². The Balaban J connectivity index is 1.55. The van der Waals surface area contributed by atoms with Crippen LogP contribution in [0.2, 0.25) is 5.02 Å². The maximum Gasteiger partial charge on any atom is 0.317 e. The molecule has 8 heteroatoms. The molecular formula is C18H20ClN3O3S. The number of hydrogen-bond acceptors (Lipinski definition) is 5. The monoisotopic (exact) mass is 393 g/mol. The molecule has 0 radical (unpaired) electrons. The standard InChI is InChI=1S/C18H20ClN3O3S/c1-2-22(9-16(23)24)14-7-13(8-14)20-17(25)15-10-26-18(21-15)11-4-3-5-12(19)6-11/h3-6,10,13-14H,2,7-9H2,1H3,(H,20,25)(H,23,24). The van der Waals surface area contributed by atoms with E-state index in [1.807, 2.05) is 30.0 Å². The minimum atomic E-state index is -0.824. The number of carbonyl (C=O) groups is 2. The van der Waals surface area contributed by atoms with Crippen molar-refractivity contribution in [3.8, 4) is 10.6 Å². The minimum Gasteiger partial charge on any atom is -0.480 e. The number of carboxylic acid groups (broad SMARTS) is 1. The van der Waals surface area contributed by atoms with Gasteiger partial charge in [-0.1, -0.05) is 30.7 Å². The van der Waals surface area contributed by atoms with Crippen LogP contribution in [0.1, 0.15) is 30.3 Å². The van der Waals surface area contributed by atoms with E-state index in [4.69, 9.17) is 16.7 Å². The summed E-state index contributed by atoms with van der Waals surface area (Å²) in [4.78, 5) is 29.6. The van der Waals surface area contributed by atoms with Crippen LogP contribution in [0.3, 0.4) is 0 Å². The van der Waals surface area contributed by atoms with Gasteiger partial charge in [0, 0.05) is 28.0 Å². The molecule has 0 unspecified atom stereocenters. The fourth-order valence-corrected chi connectivity index (χ4v) is 4.06. The summed E-state index contributed by atoms with van der Waals surface area (Å²) in [5, 5.41) is 15.0. The summed E-state index contributed by atoms with van der Waals surface area (Å²) in [5.74, 6) is -1.02. The average Bonchev–Trinajstić information content (AvgIpc) is 3.06. The summed E-state index contributed by atoms with van der Waals surface area (Å²) < 4.78 is 0. The van der Waals surface area contributed by atoms with Crippen molar-refractivity contribution in [2.45, 2.75) is 31.8 Å². The normalized spacial score (nSPS) is 19.2. The molecule has 1 saturated carbocycles. The molecule has 2 N–H and O–H groups in total. The Kier molecular flexibility index (Phi) is 5.90. The Morgan fingerprint density at radius 1 is 1.42 bits per heavy atom. The molecule has 26 heavy (non-hydrogen) atoms. The van der Waals surface area contributed by atoms with Crippen molar-refractivity contribution in [3.63, 3.8) is 0 Å². The molecule has 0 saturated heterocycles. The van der Waals surface area contributed by atoms with Gasteiger partial charge in [-0.25, -0.2) is 4.98 Å². The molecule has 1 heterocycles. The smallest absolute Gasteiger partial charge is 0.317 e. The van der Waals surface area contributed by atoms with Crippen molar-refractivity contribution >= 4 is 34.8 Å². The highest BCUT2D eigenvalue weighted by atomic mass is 35.5. The fourth-order valence-electron chi connectivity index (χ4n) is 3.07. The molecule has 138 valence electrons. The third kappa shape index (κ3) is 4.41. The van der Waals surface area contributed by atoms with Crippen LogP contribution in [0.4, 0.5) is 0 Å². The number of rotatable bonds is 7. The van der Waals surface area contributed by atoms with E-state index in [0.29, 0.717) is 17.3 Å². The molecule has 1 aromatic heterocycles. The quantitative estimate of drug-likeness (QED) is 0.755. The molecular weight excluding hydrogens is 374 g/mol. The number of aromatic nitrogens is 1. The third-order valence-electron chi connectivity index (χ3n) is 4.52. The first-order valence-corrected chi connectivity index (χ1v) is 9.70. The van der Waals surface area contributed by atoms with E-state index >= 15 is 0 Å². The lowest BCUT2D eigenvalue weighted by Crippen LogP contribution is -2.54. The number of nitrogens with one attached hydrogen (secondary N) is 1. The van der Waals surface area contributed by atoms with Crippen LogP contribution in [0.5, 0.6) is 0 Å². The second kappa shape index (κ2) is 8.16. The maximum absolute atomic E-state index is 12.4. The van der Waals surface area contributed by atoms with E-state index < -0.39 is 5.97 Å². The minimum absolute atomic E-state index is 0.0386. The molecule has 6 nitrogen and oxygen atoms in total. The molecule has 1 aliphatic rings. The molecule has 1 aliphatic carbocycles. The van der Waals surface area contributed by atoms with Crippen molar-refractivity contribution in [2.24, 2.45) is 0 Å². The van der Waals surface area contributed by atoms with Gasteiger partial charge >= 0.3 is 5.97 Å². The van der Waals surface area contributed by atoms with Crippen LogP contribution in [-0.4, -0.2) is 52.0 Å². The zero-order valence-electron chi connectivity index (χ0n) is 14.3. The SMILES string of the molecule is CCN(CC(=O)O)C1CC(NC(=O)c2csc(-c3cccc(Cl)c3)n2)C1. The Labute approximate surface area is 160 Å². The van der Waals surface area contributed by atoms with Crippen molar-refractivity contribution in [3.05, 3.63) is 40.4 Å². The van der Waals surface area contributed by atoms with Gasteiger partial charge in [0.25, 0.3) is 5.91 Å². The Bertz CT molecular complexity index is 804. The van der Waals surface area contributed by atoms with Gasteiger partial charge in [-0.2, -0.15) is 0 Å². The number of hydrogen-bond donors (Lipinski definition) is 2. The number of benzene rings is 1. The highest BCUT2D eigenvalue weighted by Crippen LogP contribution is 2.28. The number of likely N-dealkylation sites (N-methyl/N-ethyl adjacent to an activating group) is 1. The predicted octanol–water partition coefficient (Wildman–Crippen LogP) is 3.13. The first-order chi connectivity index (χ1) is 12.5. The summed E-state index contributed by atoms with van der Waals surface area (Å²) >= 11 is 7.40. The highest BCUT2D eigenvalue weighted by molar-refractivity contribution is 7.13. The molecule has 1 aromatic carbocycles. The van der Waals surface area contributed by atoms with Crippen LogP contribution < -0.4 is 5.32 Å². The number of amides is 1. The zero-order valence-corrected chi connectivity index (χ0v) is 15.9. The number of thiazole rings is 1. The molecule has 0 spiro atoms. The summed E-state index contributed by atoms with van der Waals surface area (Å²) in [6, 6.07) is 7.64. The van der Waals surface area contributed by atoms with Crippen LogP contribution in [0.15, 0.2) is 29.6 Å². The van der Waals surface area contributed by atoms with Crippen molar-refractivity contribution in [1.82, 2.24) is 15.2 Å². The van der Waals surface area contributed by atoms with Crippen molar-refractivity contribution in [2.75, 3.05) is 13.1 Å². The van der Waals surface area contributed by atoms with Crippen LogP contribution in [0.25, 0.3) is 10.6 Å². The van der Waals surface area contributed by atoms with E-state index in [0.717, 1.165) is 23.4 Å². The molecule has 0 bridgehead atoms. The Morgan fingerprint density at radius 3 is 2.85 bits per heavy atom. The zero-order chi connectivity index (χ0) is 18.7. The predicted molar refractivity (Wildman–Crippen MR) is 102 cm³/mol. The van der Waals surface area contributed by atoms with Gasteiger partial charge in [-0.3, -0.25) is 14.5 Å². The molecule has 0 aliphatic heterocycles. The van der Waals surface area contributed by atoms with Gasteiger partial charge in [-0.15, -0.1) is 11.3 Å². The van der Waals surface area contributed by atoms with Crippen molar-refractivity contribution < 1.29 is 14.7 Å². The number of carboxylic acids is 1. The third-order valence-corrected chi connectivity index (χ3v) is 5.64. The van der Waals surface area contributed by atoms with Crippen LogP contribution >= 0.6 is 22.9 Å². The lowest BCUT2D eigenvalue weighted by atomic mass is 9.85. The van der Waals surface area contributed by atoms with Gasteiger partial charge in [0.15, 0.2) is 0 Å². The Morgan fingerprint density at radius 2 is 2.19 bits per heavy atom. The molecule has 0 atom stereocenters. The second-order valence-electron chi connectivity index (χ2n) is 6.30. The van der Waals surface area contributed by atoms with Gasteiger partial charge in [-0.05, 0) is 31.5 Å². The van der Waals surface area contributed by atoms with Gasteiger partial charge in [0.05, 0.1) is 6.54 Å². The van der Waals surface area contributed by atoms with Gasteiger partial charge in [0.1, 0.15) is 10.7 Å². The molecule has 3 rings (SSSR count). The van der Waals surface area contributed by atoms with Crippen LogP contribution in [0, 0.1) is 0 Å². The van der Waals surface area contributed by atoms with Crippen molar-refractivity contribution in [1.29, 1.82) is 0 Å². The average molecular weight is 394 g/mol. The van der Waals surface area contributed by atoms with E-state index in [1.54, 1.807) is 11.4 Å². The lowest BCUT2D eigenvalue weighted by Gasteiger charge is -2.42. The summed E-state index contributed by atoms with van der Waals surface area (Å²) in [6.45, 7) is 2.67. The number of carbonyl (C=O) groups excluding carboxylic acids is 1. The number of nitrogens with zero attached hydrogens (tertiary/aromatic N) is 2. The summed E-state index contributed by atoms with van der Waals surface area (Å²) in [5.41, 5.74) is 1.28. The summed E-state index contributed by atoms with van der Waals surface area (Å²) in [7, 11) is 0.